The molecule has 1 saturated heterocycles. The molecule has 0 bridgehead atoms. The second kappa shape index (κ2) is 5.98. The molecule has 0 spiro atoms. The van der Waals surface area contributed by atoms with Crippen LogP contribution in [0.4, 0.5) is 0 Å². The fraction of sp³-hybridized carbons (Fsp3) is 0.533. The number of sulfonamides is 1. The van der Waals surface area contributed by atoms with Gasteiger partial charge in [-0.05, 0) is 42.5 Å². The zero-order valence-corrected chi connectivity index (χ0v) is 13.4. The molecule has 1 aliphatic heterocycles. The van der Waals surface area contributed by atoms with Crippen molar-refractivity contribution >= 4 is 15.9 Å². The normalized spacial score (nSPS) is 20.0. The highest BCUT2D eigenvalue weighted by Gasteiger charge is 2.31. The maximum atomic E-state index is 12.7. The first kappa shape index (κ1) is 15.5. The van der Waals surface area contributed by atoms with E-state index in [1.54, 1.807) is 6.07 Å². The second-order valence-corrected chi connectivity index (χ2v) is 8.02. The van der Waals surface area contributed by atoms with Crippen LogP contribution in [0.15, 0.2) is 23.1 Å². The second-order valence-electron chi connectivity index (χ2n) is 6.08. The van der Waals surface area contributed by atoms with Gasteiger partial charge in [-0.1, -0.05) is 6.07 Å². The molecule has 2 aliphatic rings. The van der Waals surface area contributed by atoms with Crippen molar-refractivity contribution in [3.05, 3.63) is 29.3 Å². The lowest BCUT2D eigenvalue weighted by Gasteiger charge is -2.30. The Morgan fingerprint density at radius 2 is 1.86 bits per heavy atom. The van der Waals surface area contributed by atoms with Crippen LogP contribution in [0.3, 0.4) is 0 Å². The van der Waals surface area contributed by atoms with E-state index < -0.39 is 10.0 Å². The average Bonchev–Trinajstić information content (AvgIpc) is 2.94. The van der Waals surface area contributed by atoms with E-state index >= 15 is 0 Å². The number of hydrogen-bond acceptors (Lipinski definition) is 3. The van der Waals surface area contributed by atoms with Crippen LogP contribution >= 0.6 is 0 Å². The predicted octanol–water partition coefficient (Wildman–Crippen LogP) is -1.45. The van der Waals surface area contributed by atoms with E-state index in [0.717, 1.165) is 24.2 Å². The molecular weight excluding hydrogens is 302 g/mol. The molecular formula is C15H22N3O3S+. The van der Waals surface area contributed by atoms with Gasteiger partial charge in [-0.2, -0.15) is 4.31 Å². The maximum absolute atomic E-state index is 12.7. The Labute approximate surface area is 130 Å². The van der Waals surface area contributed by atoms with Crippen LogP contribution in [0.5, 0.6) is 0 Å². The molecule has 120 valence electrons. The number of fused-ring (bicyclic) bond motifs is 1. The van der Waals surface area contributed by atoms with Gasteiger partial charge in [-0.15, -0.1) is 0 Å². The Bertz CT molecular complexity index is 679. The first-order valence-electron chi connectivity index (χ1n) is 7.70. The molecule has 0 atom stereocenters. The van der Waals surface area contributed by atoms with Gasteiger partial charge in [0.2, 0.25) is 10.0 Å². The van der Waals surface area contributed by atoms with Gasteiger partial charge in [-0.3, -0.25) is 4.79 Å². The zero-order chi connectivity index (χ0) is 15.7. The maximum Gasteiger partial charge on any atom is 0.272 e. The van der Waals surface area contributed by atoms with Crippen molar-refractivity contribution in [2.75, 3.05) is 32.7 Å². The van der Waals surface area contributed by atoms with Crippen molar-refractivity contribution in [3.63, 3.8) is 0 Å². The first-order valence-corrected chi connectivity index (χ1v) is 9.14. The number of carbonyl (C=O) groups excluding carboxylic acids is 1. The largest absolute Gasteiger partial charge is 0.365 e. The number of hydrogen-bond donors (Lipinski definition) is 2. The van der Waals surface area contributed by atoms with Crippen LogP contribution in [-0.2, 0) is 27.7 Å². The quantitative estimate of drug-likeness (QED) is 0.711. The van der Waals surface area contributed by atoms with Crippen molar-refractivity contribution < 1.29 is 18.1 Å². The molecule has 1 fully saturated rings. The highest BCUT2D eigenvalue weighted by Crippen LogP contribution is 2.26. The van der Waals surface area contributed by atoms with Crippen LogP contribution in [0.2, 0.25) is 0 Å². The minimum atomic E-state index is -3.43. The smallest absolute Gasteiger partial charge is 0.272 e. The fourth-order valence-corrected chi connectivity index (χ4v) is 4.82. The van der Waals surface area contributed by atoms with E-state index in [-0.39, 0.29) is 12.5 Å². The van der Waals surface area contributed by atoms with Crippen LogP contribution in [0, 0.1) is 0 Å². The summed E-state index contributed by atoms with van der Waals surface area (Å²) in [5.74, 6) is -0.343. The lowest BCUT2D eigenvalue weighted by molar-refractivity contribution is -0.895. The summed E-state index contributed by atoms with van der Waals surface area (Å²) in [6.07, 6.45) is 3.12. The van der Waals surface area contributed by atoms with Crippen molar-refractivity contribution in [1.82, 2.24) is 4.31 Å². The molecule has 1 amide bonds. The zero-order valence-electron chi connectivity index (χ0n) is 12.5. The number of piperazine rings is 1. The number of nitrogens with two attached hydrogens (primary N) is 1. The molecule has 0 radical (unpaired) electrons. The van der Waals surface area contributed by atoms with Crippen molar-refractivity contribution in [3.8, 4) is 0 Å². The van der Waals surface area contributed by atoms with Crippen LogP contribution in [0.1, 0.15) is 17.5 Å². The fourth-order valence-electron chi connectivity index (χ4n) is 3.32. The summed E-state index contributed by atoms with van der Waals surface area (Å²) < 4.78 is 27.0. The number of nitrogens with one attached hydrogen (secondary N) is 1. The molecule has 1 aromatic carbocycles. The Kier molecular flexibility index (Phi) is 4.20. The van der Waals surface area contributed by atoms with Gasteiger partial charge in [0, 0.05) is 0 Å². The van der Waals surface area contributed by atoms with E-state index in [0.29, 0.717) is 31.1 Å². The van der Waals surface area contributed by atoms with Crippen molar-refractivity contribution in [2.45, 2.75) is 24.2 Å². The highest BCUT2D eigenvalue weighted by molar-refractivity contribution is 7.89. The Hall–Kier alpha value is -1.44. The summed E-state index contributed by atoms with van der Waals surface area (Å²) in [5, 5.41) is 0. The number of aryl methyl sites for hydroxylation is 2. The van der Waals surface area contributed by atoms with Gasteiger partial charge in [0.25, 0.3) is 5.91 Å². The SMILES string of the molecule is NC(=O)C[NH+]1CCN(S(=O)(=O)c2ccc3c(c2)CCC3)CC1. The van der Waals surface area contributed by atoms with Crippen molar-refractivity contribution in [1.29, 1.82) is 0 Å². The minimum absolute atomic E-state index is 0.271. The van der Waals surface area contributed by atoms with Gasteiger partial charge in [0.05, 0.1) is 31.1 Å². The van der Waals surface area contributed by atoms with Gasteiger partial charge in [0.15, 0.2) is 6.54 Å². The minimum Gasteiger partial charge on any atom is -0.365 e. The third-order valence-electron chi connectivity index (χ3n) is 4.56. The monoisotopic (exact) mass is 324 g/mol. The number of rotatable bonds is 4. The molecule has 0 unspecified atom stereocenters. The molecule has 3 rings (SSSR count). The molecule has 1 aliphatic carbocycles. The number of carbonyl (C=O) groups is 1. The molecule has 0 aromatic heterocycles. The molecule has 6 nitrogen and oxygen atoms in total. The van der Waals surface area contributed by atoms with Crippen molar-refractivity contribution in [2.24, 2.45) is 5.73 Å². The standard InChI is InChI=1S/C15H21N3O3S/c16-15(19)11-17-6-8-18(9-7-17)22(20,21)14-5-4-12-2-1-3-13(12)10-14/h4-5,10H,1-3,6-9,11H2,(H2,16,19)/p+1. The van der Waals surface area contributed by atoms with Gasteiger partial charge < -0.3 is 10.6 Å². The number of nitrogens with zero attached hydrogens (tertiary/aromatic N) is 1. The summed E-state index contributed by atoms with van der Waals surface area (Å²) >= 11 is 0. The number of primary amides is 1. The molecule has 0 saturated carbocycles. The molecule has 1 aromatic rings. The molecule has 22 heavy (non-hydrogen) atoms. The first-order chi connectivity index (χ1) is 10.5. The summed E-state index contributed by atoms with van der Waals surface area (Å²) in [5.41, 5.74) is 7.63. The molecule has 3 N–H and O–H groups in total. The Morgan fingerprint density at radius 1 is 1.18 bits per heavy atom. The lowest BCUT2D eigenvalue weighted by Crippen LogP contribution is -3.15. The third-order valence-corrected chi connectivity index (χ3v) is 6.46. The van der Waals surface area contributed by atoms with Gasteiger partial charge in [0.1, 0.15) is 0 Å². The van der Waals surface area contributed by atoms with E-state index in [1.807, 2.05) is 12.1 Å². The summed E-state index contributed by atoms with van der Waals surface area (Å²) in [6.45, 7) is 2.37. The van der Waals surface area contributed by atoms with Crippen LogP contribution < -0.4 is 10.6 Å². The third kappa shape index (κ3) is 3.02. The number of amides is 1. The lowest BCUT2D eigenvalue weighted by atomic mass is 10.1. The number of benzene rings is 1. The predicted molar refractivity (Wildman–Crippen MR) is 82.0 cm³/mol. The van der Waals surface area contributed by atoms with Gasteiger partial charge in [-0.25, -0.2) is 8.42 Å². The Balaban J connectivity index is 1.73. The van der Waals surface area contributed by atoms with Crippen LogP contribution in [0.25, 0.3) is 0 Å². The molecule has 7 heteroatoms. The summed E-state index contributed by atoms with van der Waals surface area (Å²) in [6, 6.07) is 5.51. The van der Waals surface area contributed by atoms with E-state index in [9.17, 15) is 13.2 Å². The average molecular weight is 324 g/mol. The van der Waals surface area contributed by atoms with Crippen LogP contribution in [-0.4, -0.2) is 51.4 Å². The Morgan fingerprint density at radius 3 is 2.55 bits per heavy atom. The number of quaternary nitrogens is 1. The summed E-state index contributed by atoms with van der Waals surface area (Å²) in [4.78, 5) is 12.4. The molecule has 1 heterocycles. The highest BCUT2D eigenvalue weighted by atomic mass is 32.2. The van der Waals surface area contributed by atoms with E-state index in [4.69, 9.17) is 5.73 Å². The van der Waals surface area contributed by atoms with E-state index in [2.05, 4.69) is 0 Å². The summed E-state index contributed by atoms with van der Waals surface area (Å²) in [7, 11) is -3.43. The topological polar surface area (TPSA) is 84.9 Å². The van der Waals surface area contributed by atoms with E-state index in [1.165, 1.54) is 15.4 Å². The van der Waals surface area contributed by atoms with Gasteiger partial charge >= 0.3 is 0 Å².